The molecule has 0 saturated heterocycles. The van der Waals surface area contributed by atoms with Gasteiger partial charge < -0.3 is 9.15 Å². The summed E-state index contributed by atoms with van der Waals surface area (Å²) in [6, 6.07) is 3.58. The van der Waals surface area contributed by atoms with E-state index in [1.165, 1.54) is 7.11 Å². The van der Waals surface area contributed by atoms with Gasteiger partial charge in [-0.25, -0.2) is 0 Å². The zero-order chi connectivity index (χ0) is 10.8. The van der Waals surface area contributed by atoms with Gasteiger partial charge in [-0.15, -0.1) is 0 Å². The molecule has 0 aliphatic rings. The largest absolute Gasteiger partial charge is 0.468 e. The molecular weight excluding hydrogens is 194 g/mol. The number of nitrogens with zero attached hydrogens (tertiary/aromatic N) is 1. The van der Waals surface area contributed by atoms with Gasteiger partial charge in [-0.05, 0) is 19.1 Å². The van der Waals surface area contributed by atoms with Crippen molar-refractivity contribution in [3.8, 4) is 0 Å². The number of furan rings is 1. The van der Waals surface area contributed by atoms with Crippen LogP contribution in [0.5, 0.6) is 0 Å². The predicted octanol–water partition coefficient (Wildman–Crippen LogP) is 2.10. The van der Waals surface area contributed by atoms with Gasteiger partial charge in [-0.1, -0.05) is 0 Å². The minimum Gasteiger partial charge on any atom is -0.468 e. The minimum atomic E-state index is -0.387. The molecular formula is C11H11NO3. The summed E-state index contributed by atoms with van der Waals surface area (Å²) in [5.41, 5.74) is 0.732. The topological polar surface area (TPSA) is 52.3 Å². The zero-order valence-corrected chi connectivity index (χ0v) is 8.56. The van der Waals surface area contributed by atoms with Crippen LogP contribution >= 0.6 is 0 Å². The molecule has 0 aliphatic heterocycles. The molecule has 78 valence electrons. The number of hydrogen-bond acceptors (Lipinski definition) is 4. The monoisotopic (exact) mass is 205 g/mol. The summed E-state index contributed by atoms with van der Waals surface area (Å²) in [5.74, 6) is -0.0886. The Morgan fingerprint density at radius 3 is 3.07 bits per heavy atom. The number of fused-ring (bicyclic) bond motifs is 1. The summed E-state index contributed by atoms with van der Waals surface area (Å²) in [4.78, 5) is 15.3. The van der Waals surface area contributed by atoms with Gasteiger partial charge in [0.05, 0.1) is 7.11 Å². The second kappa shape index (κ2) is 3.73. The van der Waals surface area contributed by atoms with Crippen molar-refractivity contribution in [2.75, 3.05) is 7.11 Å². The summed E-state index contributed by atoms with van der Waals surface area (Å²) in [7, 11) is 1.36. The molecule has 1 atom stereocenters. The normalized spacial score (nSPS) is 12.7. The highest BCUT2D eigenvalue weighted by Crippen LogP contribution is 2.24. The van der Waals surface area contributed by atoms with Crippen LogP contribution in [-0.2, 0) is 9.53 Å². The van der Waals surface area contributed by atoms with Gasteiger partial charge in [0.25, 0.3) is 0 Å². The Labute approximate surface area is 86.9 Å². The maximum absolute atomic E-state index is 11.3. The highest BCUT2D eigenvalue weighted by molar-refractivity contribution is 5.81. The maximum atomic E-state index is 11.3. The van der Waals surface area contributed by atoms with Gasteiger partial charge >= 0.3 is 5.97 Å². The first kappa shape index (κ1) is 9.71. The molecule has 0 bridgehead atoms. The standard InChI is InChI=1S/C11H11NO3/c1-7(11(13)14-2)10-5-8-6-12-4-3-9(8)15-10/h3-7H,1-2H3. The van der Waals surface area contributed by atoms with Gasteiger partial charge in [-0.3, -0.25) is 9.78 Å². The van der Waals surface area contributed by atoms with E-state index in [0.717, 1.165) is 11.0 Å². The Bertz CT molecular complexity index is 456. The Morgan fingerprint density at radius 2 is 2.40 bits per heavy atom. The second-order valence-corrected chi connectivity index (χ2v) is 3.31. The van der Waals surface area contributed by atoms with Crippen molar-refractivity contribution in [2.45, 2.75) is 12.8 Å². The number of pyridine rings is 1. The summed E-state index contributed by atoms with van der Waals surface area (Å²) < 4.78 is 10.2. The number of methoxy groups -OCH3 is 1. The van der Waals surface area contributed by atoms with E-state index in [9.17, 15) is 4.79 Å². The quantitative estimate of drug-likeness (QED) is 0.704. The number of carbonyl (C=O) groups is 1. The third-order valence-corrected chi connectivity index (χ3v) is 2.32. The van der Waals surface area contributed by atoms with Crippen molar-refractivity contribution in [3.63, 3.8) is 0 Å². The molecule has 0 fully saturated rings. The second-order valence-electron chi connectivity index (χ2n) is 3.31. The molecule has 1 unspecified atom stereocenters. The van der Waals surface area contributed by atoms with Crippen molar-refractivity contribution in [3.05, 3.63) is 30.3 Å². The minimum absolute atomic E-state index is 0.304. The van der Waals surface area contributed by atoms with E-state index in [1.807, 2.05) is 6.07 Å². The Hall–Kier alpha value is -1.84. The fourth-order valence-corrected chi connectivity index (χ4v) is 1.41. The third kappa shape index (κ3) is 1.70. The molecule has 15 heavy (non-hydrogen) atoms. The van der Waals surface area contributed by atoms with Crippen molar-refractivity contribution in [1.29, 1.82) is 0 Å². The van der Waals surface area contributed by atoms with Crippen molar-refractivity contribution in [1.82, 2.24) is 4.98 Å². The molecule has 2 heterocycles. The lowest BCUT2D eigenvalue weighted by Gasteiger charge is -2.04. The summed E-state index contributed by atoms with van der Waals surface area (Å²) in [6.45, 7) is 1.75. The van der Waals surface area contributed by atoms with E-state index in [1.54, 1.807) is 25.4 Å². The van der Waals surface area contributed by atoms with E-state index in [4.69, 9.17) is 4.42 Å². The maximum Gasteiger partial charge on any atom is 0.316 e. The van der Waals surface area contributed by atoms with Gasteiger partial charge in [-0.2, -0.15) is 0 Å². The molecule has 0 N–H and O–H groups in total. The van der Waals surface area contributed by atoms with Gasteiger partial charge in [0.15, 0.2) is 0 Å². The number of hydrogen-bond donors (Lipinski definition) is 0. The van der Waals surface area contributed by atoms with Gasteiger partial charge in [0.1, 0.15) is 17.3 Å². The van der Waals surface area contributed by atoms with E-state index in [-0.39, 0.29) is 11.9 Å². The van der Waals surface area contributed by atoms with Crippen LogP contribution in [0.1, 0.15) is 18.6 Å². The number of carbonyl (C=O) groups excluding carboxylic acids is 1. The first-order valence-electron chi connectivity index (χ1n) is 4.63. The van der Waals surface area contributed by atoms with Crippen LogP contribution in [0.2, 0.25) is 0 Å². The fourth-order valence-electron chi connectivity index (χ4n) is 1.41. The highest BCUT2D eigenvalue weighted by atomic mass is 16.5. The number of ether oxygens (including phenoxy) is 1. The molecule has 2 rings (SSSR count). The third-order valence-electron chi connectivity index (χ3n) is 2.32. The molecule has 0 spiro atoms. The van der Waals surface area contributed by atoms with Gasteiger partial charge in [0, 0.05) is 17.8 Å². The van der Waals surface area contributed by atoms with Crippen LogP contribution in [0.15, 0.2) is 28.9 Å². The summed E-state index contributed by atoms with van der Waals surface area (Å²) in [5, 5.41) is 0.892. The lowest BCUT2D eigenvalue weighted by atomic mass is 10.1. The zero-order valence-electron chi connectivity index (χ0n) is 8.56. The first-order valence-corrected chi connectivity index (χ1v) is 4.63. The van der Waals surface area contributed by atoms with Crippen LogP contribution in [0.25, 0.3) is 11.0 Å². The Balaban J connectivity index is 2.40. The highest BCUT2D eigenvalue weighted by Gasteiger charge is 2.19. The number of esters is 1. The van der Waals surface area contributed by atoms with Crippen LogP contribution in [0.4, 0.5) is 0 Å². The van der Waals surface area contributed by atoms with Crippen molar-refractivity contribution in [2.24, 2.45) is 0 Å². The Kier molecular flexibility index (Phi) is 2.41. The molecule has 2 aromatic rings. The molecule has 2 aromatic heterocycles. The molecule has 0 radical (unpaired) electrons. The molecule has 0 aliphatic carbocycles. The summed E-state index contributed by atoms with van der Waals surface area (Å²) in [6.07, 6.45) is 3.35. The molecule has 0 amide bonds. The van der Waals surface area contributed by atoms with E-state index >= 15 is 0 Å². The van der Waals surface area contributed by atoms with Crippen LogP contribution in [0.3, 0.4) is 0 Å². The van der Waals surface area contributed by atoms with Crippen LogP contribution < -0.4 is 0 Å². The Morgan fingerprint density at radius 1 is 1.60 bits per heavy atom. The fraction of sp³-hybridized carbons (Fsp3) is 0.273. The van der Waals surface area contributed by atoms with E-state index in [0.29, 0.717) is 5.76 Å². The molecule has 4 heteroatoms. The van der Waals surface area contributed by atoms with Gasteiger partial charge in [0.2, 0.25) is 0 Å². The summed E-state index contributed by atoms with van der Waals surface area (Å²) >= 11 is 0. The average molecular weight is 205 g/mol. The number of aromatic nitrogens is 1. The van der Waals surface area contributed by atoms with E-state index < -0.39 is 0 Å². The lowest BCUT2D eigenvalue weighted by Crippen LogP contribution is -2.09. The lowest BCUT2D eigenvalue weighted by molar-refractivity contribution is -0.142. The first-order chi connectivity index (χ1) is 7.22. The average Bonchev–Trinajstić information content (AvgIpc) is 2.70. The van der Waals surface area contributed by atoms with Crippen molar-refractivity contribution >= 4 is 16.9 Å². The van der Waals surface area contributed by atoms with Crippen LogP contribution in [0, 0.1) is 0 Å². The SMILES string of the molecule is COC(=O)C(C)c1cc2cnccc2o1. The van der Waals surface area contributed by atoms with Crippen LogP contribution in [-0.4, -0.2) is 18.1 Å². The molecule has 0 aromatic carbocycles. The number of rotatable bonds is 2. The molecule has 4 nitrogen and oxygen atoms in total. The van der Waals surface area contributed by atoms with E-state index in [2.05, 4.69) is 9.72 Å². The molecule has 0 saturated carbocycles. The van der Waals surface area contributed by atoms with Crippen molar-refractivity contribution < 1.29 is 13.9 Å². The predicted molar refractivity (Wildman–Crippen MR) is 54.4 cm³/mol. The smallest absolute Gasteiger partial charge is 0.316 e.